The molecule has 1 aliphatic rings. The second-order valence-electron chi connectivity index (χ2n) is 9.96. The minimum absolute atomic E-state index is 0.112. The van der Waals surface area contributed by atoms with Gasteiger partial charge in [0.05, 0.1) is 17.3 Å². The Morgan fingerprint density at radius 1 is 1.02 bits per heavy atom. The molecule has 5 aromatic heterocycles. The topological polar surface area (TPSA) is 137 Å². The molecule has 0 bridgehead atoms. The van der Waals surface area contributed by atoms with Gasteiger partial charge in [0.1, 0.15) is 27.7 Å². The van der Waals surface area contributed by atoms with Gasteiger partial charge in [-0.05, 0) is 74.2 Å². The molecule has 10 nitrogen and oxygen atoms in total. The molecule has 5 heterocycles. The quantitative estimate of drug-likeness (QED) is 0.301. The summed E-state index contributed by atoms with van der Waals surface area (Å²) in [5, 5.41) is 4.00. The van der Waals surface area contributed by atoms with Crippen molar-refractivity contribution in [2.45, 2.75) is 32.7 Å². The molecular formula is C30H25N9OS. The largest absolute Gasteiger partial charge is 0.383 e. The third-order valence-electron chi connectivity index (χ3n) is 7.29. The van der Waals surface area contributed by atoms with Gasteiger partial charge in [0.25, 0.3) is 5.91 Å². The molecule has 0 saturated carbocycles. The fourth-order valence-electron chi connectivity index (χ4n) is 5.33. The summed E-state index contributed by atoms with van der Waals surface area (Å²) in [6.07, 6.45) is 8.26. The van der Waals surface area contributed by atoms with Gasteiger partial charge in [0.15, 0.2) is 11.5 Å². The first kappa shape index (κ1) is 25.0. The van der Waals surface area contributed by atoms with Gasteiger partial charge in [0.2, 0.25) is 0 Å². The summed E-state index contributed by atoms with van der Waals surface area (Å²) in [4.78, 5) is 41.3. The maximum absolute atomic E-state index is 13.0. The molecule has 1 aliphatic carbocycles. The van der Waals surface area contributed by atoms with Crippen molar-refractivity contribution in [2.24, 2.45) is 0 Å². The maximum Gasteiger partial charge on any atom is 0.272 e. The predicted octanol–water partition coefficient (Wildman–Crippen LogP) is 5.01. The zero-order valence-corrected chi connectivity index (χ0v) is 23.2. The van der Waals surface area contributed by atoms with Gasteiger partial charge in [-0.2, -0.15) is 0 Å². The van der Waals surface area contributed by atoms with E-state index >= 15 is 0 Å². The monoisotopic (exact) mass is 559 g/mol. The molecule has 3 N–H and O–H groups in total. The van der Waals surface area contributed by atoms with Crippen molar-refractivity contribution in [3.8, 4) is 27.8 Å². The molecule has 0 unspecified atom stereocenters. The number of nitrogens with one attached hydrogen (secondary N) is 1. The summed E-state index contributed by atoms with van der Waals surface area (Å²) in [7, 11) is 0. The minimum Gasteiger partial charge on any atom is -0.383 e. The Hall–Kier alpha value is -5.03. The molecule has 11 heteroatoms. The number of amides is 1. The molecule has 1 amide bonds. The predicted molar refractivity (Wildman–Crippen MR) is 158 cm³/mol. The van der Waals surface area contributed by atoms with Gasteiger partial charge in [-0.3, -0.25) is 14.3 Å². The van der Waals surface area contributed by atoms with E-state index in [1.807, 2.05) is 48.0 Å². The van der Waals surface area contributed by atoms with Crippen molar-refractivity contribution in [1.82, 2.24) is 39.8 Å². The molecule has 0 saturated heterocycles. The zero-order chi connectivity index (χ0) is 28.1. The highest BCUT2D eigenvalue weighted by atomic mass is 32.1. The average molecular weight is 560 g/mol. The van der Waals surface area contributed by atoms with Gasteiger partial charge in [0, 0.05) is 35.4 Å². The number of aromatic nitrogens is 7. The Balaban J connectivity index is 1.32. The van der Waals surface area contributed by atoms with Crippen molar-refractivity contribution in [3.63, 3.8) is 0 Å². The number of hydrogen-bond donors (Lipinski definition) is 2. The van der Waals surface area contributed by atoms with Crippen LogP contribution in [0.3, 0.4) is 0 Å². The molecule has 7 rings (SSSR count). The molecular weight excluding hydrogens is 534 g/mol. The number of hydrogen-bond acceptors (Lipinski definition) is 9. The molecule has 41 heavy (non-hydrogen) atoms. The second kappa shape index (κ2) is 9.86. The standard InChI is InChI=1S/C30H25N9OS/c1-16-15-35-30(41-16)24-10-9-23-28(37-24)39(27(36-23)21-4-3-11-34-26(21)31)19-6-7-20-18(14-19)5-8-22(20)38-29(40)25-17(2)32-12-13-33-25/h3-4,6-7,9-15,22H,5,8H2,1-2H3,(H2,31,34)(H,38,40)/t22-/m0/s1. The molecule has 0 spiro atoms. The van der Waals surface area contributed by atoms with Crippen LogP contribution in [0.25, 0.3) is 38.9 Å². The summed E-state index contributed by atoms with van der Waals surface area (Å²) in [5.41, 5.74) is 13.4. The fourth-order valence-corrected chi connectivity index (χ4v) is 6.07. The molecule has 202 valence electrons. The molecule has 1 aromatic carbocycles. The van der Waals surface area contributed by atoms with E-state index in [2.05, 4.69) is 37.4 Å². The Kier molecular flexibility index (Phi) is 6.01. The third kappa shape index (κ3) is 4.40. The molecule has 6 aromatic rings. The van der Waals surface area contributed by atoms with E-state index in [9.17, 15) is 4.79 Å². The van der Waals surface area contributed by atoms with E-state index < -0.39 is 0 Å². The number of thiazole rings is 1. The van der Waals surface area contributed by atoms with Crippen LogP contribution in [0.5, 0.6) is 0 Å². The van der Waals surface area contributed by atoms with Crippen LogP contribution < -0.4 is 11.1 Å². The number of fused-ring (bicyclic) bond motifs is 2. The van der Waals surface area contributed by atoms with Gasteiger partial charge in [-0.15, -0.1) is 11.3 Å². The van der Waals surface area contributed by atoms with Crippen molar-refractivity contribution in [3.05, 3.63) is 94.6 Å². The number of imidazole rings is 1. The number of pyridine rings is 2. The first-order valence-corrected chi connectivity index (χ1v) is 14.0. The number of carbonyl (C=O) groups excluding carboxylic acids is 1. The van der Waals surface area contributed by atoms with E-state index in [1.54, 1.807) is 30.7 Å². The Morgan fingerprint density at radius 3 is 2.71 bits per heavy atom. The van der Waals surface area contributed by atoms with Gasteiger partial charge < -0.3 is 11.1 Å². The number of rotatable bonds is 5. The lowest BCUT2D eigenvalue weighted by molar-refractivity contribution is 0.0930. The molecule has 0 aliphatic heterocycles. The van der Waals surface area contributed by atoms with Gasteiger partial charge in [-0.1, -0.05) is 6.07 Å². The summed E-state index contributed by atoms with van der Waals surface area (Å²) < 4.78 is 2.03. The zero-order valence-electron chi connectivity index (χ0n) is 22.4. The van der Waals surface area contributed by atoms with E-state index in [0.29, 0.717) is 28.7 Å². The van der Waals surface area contributed by atoms with Crippen LogP contribution in [0.1, 0.15) is 44.6 Å². The third-order valence-corrected chi connectivity index (χ3v) is 8.22. The second-order valence-corrected chi connectivity index (χ2v) is 11.2. The lowest BCUT2D eigenvalue weighted by Gasteiger charge is -2.16. The van der Waals surface area contributed by atoms with Crippen LogP contribution in [-0.4, -0.2) is 40.4 Å². The highest BCUT2D eigenvalue weighted by Crippen LogP contribution is 2.36. The van der Waals surface area contributed by atoms with Crippen LogP contribution in [-0.2, 0) is 6.42 Å². The number of carbonyl (C=O) groups is 1. The smallest absolute Gasteiger partial charge is 0.272 e. The van der Waals surface area contributed by atoms with Crippen LogP contribution in [0.15, 0.2) is 67.3 Å². The maximum atomic E-state index is 13.0. The van der Waals surface area contributed by atoms with E-state index in [4.69, 9.17) is 15.7 Å². The minimum atomic E-state index is -0.221. The highest BCUT2D eigenvalue weighted by molar-refractivity contribution is 7.14. The van der Waals surface area contributed by atoms with E-state index in [0.717, 1.165) is 56.3 Å². The number of aryl methyl sites for hydroxylation is 3. The van der Waals surface area contributed by atoms with Gasteiger partial charge >= 0.3 is 0 Å². The summed E-state index contributed by atoms with van der Waals surface area (Å²) in [5.74, 6) is 0.830. The normalized spacial score (nSPS) is 14.3. The molecule has 0 fully saturated rings. The number of nitrogens with two attached hydrogens (primary N) is 1. The Morgan fingerprint density at radius 2 is 1.90 bits per heavy atom. The van der Waals surface area contributed by atoms with Crippen molar-refractivity contribution >= 4 is 34.2 Å². The van der Waals surface area contributed by atoms with Crippen molar-refractivity contribution in [1.29, 1.82) is 0 Å². The van der Waals surface area contributed by atoms with Crippen LogP contribution in [0.2, 0.25) is 0 Å². The summed E-state index contributed by atoms with van der Waals surface area (Å²) in [6, 6.07) is 13.8. The van der Waals surface area contributed by atoms with Crippen LogP contribution in [0.4, 0.5) is 5.82 Å². The van der Waals surface area contributed by atoms with Crippen LogP contribution in [0, 0.1) is 13.8 Å². The Bertz CT molecular complexity index is 1960. The summed E-state index contributed by atoms with van der Waals surface area (Å²) in [6.45, 7) is 3.82. The Labute approximate surface area is 239 Å². The average Bonchev–Trinajstić information content (AvgIpc) is 3.69. The van der Waals surface area contributed by atoms with Gasteiger partial charge in [-0.25, -0.2) is 24.9 Å². The summed E-state index contributed by atoms with van der Waals surface area (Å²) >= 11 is 1.60. The highest BCUT2D eigenvalue weighted by Gasteiger charge is 2.27. The fraction of sp³-hybridized carbons (Fsp3) is 0.167. The van der Waals surface area contributed by atoms with E-state index in [-0.39, 0.29) is 11.9 Å². The first-order chi connectivity index (χ1) is 20.0. The number of benzene rings is 1. The lowest BCUT2D eigenvalue weighted by Crippen LogP contribution is -2.28. The molecule has 0 radical (unpaired) electrons. The lowest BCUT2D eigenvalue weighted by atomic mass is 10.1. The van der Waals surface area contributed by atoms with E-state index in [1.165, 1.54) is 6.20 Å². The van der Waals surface area contributed by atoms with Crippen LogP contribution >= 0.6 is 11.3 Å². The number of nitrogens with zero attached hydrogens (tertiary/aromatic N) is 7. The SMILES string of the molecule is Cc1cnc(-c2ccc3nc(-c4cccnc4N)n(-c4ccc5c(c4)CC[C@@H]5NC(=O)c4nccnc4C)c3n2)s1. The van der Waals surface area contributed by atoms with Crippen molar-refractivity contribution in [2.75, 3.05) is 5.73 Å². The number of anilines is 1. The molecule has 1 atom stereocenters. The first-order valence-electron chi connectivity index (χ1n) is 13.2. The number of nitrogen functional groups attached to an aromatic ring is 1. The van der Waals surface area contributed by atoms with Crippen molar-refractivity contribution < 1.29 is 4.79 Å².